The smallest absolute Gasteiger partial charge is 0.231 e. The van der Waals surface area contributed by atoms with Crippen LogP contribution in [0.5, 0.6) is 11.5 Å². The number of carbonyl (C=O) groups is 1. The fourth-order valence-electron chi connectivity index (χ4n) is 6.41. The summed E-state index contributed by atoms with van der Waals surface area (Å²) in [5.74, 6) is 3.93. The third kappa shape index (κ3) is 4.44. The molecule has 3 aromatic rings. The number of hydrogen-bond donors (Lipinski definition) is 0. The van der Waals surface area contributed by atoms with Gasteiger partial charge in [0, 0.05) is 58.8 Å². The van der Waals surface area contributed by atoms with Crippen LogP contribution in [0, 0.1) is 5.92 Å². The van der Waals surface area contributed by atoms with Gasteiger partial charge in [-0.15, -0.1) is 0 Å². The van der Waals surface area contributed by atoms with Crippen molar-refractivity contribution in [3.63, 3.8) is 0 Å². The van der Waals surface area contributed by atoms with E-state index in [0.717, 1.165) is 99.4 Å². The Bertz CT molecular complexity index is 1330. The van der Waals surface area contributed by atoms with Gasteiger partial charge in [0.15, 0.2) is 28.5 Å². The molecule has 0 unspecified atom stereocenters. The van der Waals surface area contributed by atoms with Gasteiger partial charge in [-0.25, -0.2) is 15.0 Å². The van der Waals surface area contributed by atoms with E-state index in [0.29, 0.717) is 13.3 Å². The Labute approximate surface area is 222 Å². The maximum absolute atomic E-state index is 13.6. The highest BCUT2D eigenvalue weighted by atomic mass is 16.7. The number of amides is 1. The number of anilines is 1. The third-order valence-electron chi connectivity index (χ3n) is 8.47. The first-order chi connectivity index (χ1) is 18.7. The number of fused-ring (bicyclic) bond motifs is 4. The zero-order chi connectivity index (χ0) is 25.5. The minimum Gasteiger partial charge on any atom is -0.454 e. The largest absolute Gasteiger partial charge is 0.454 e. The maximum Gasteiger partial charge on any atom is 0.231 e. The van der Waals surface area contributed by atoms with Gasteiger partial charge in [-0.3, -0.25) is 9.69 Å². The van der Waals surface area contributed by atoms with Gasteiger partial charge in [-0.2, -0.15) is 0 Å². The summed E-state index contributed by atoms with van der Waals surface area (Å²) >= 11 is 0. The molecule has 1 aromatic carbocycles. The van der Waals surface area contributed by atoms with E-state index in [9.17, 15) is 4.79 Å². The zero-order valence-electron chi connectivity index (χ0n) is 21.8. The van der Waals surface area contributed by atoms with E-state index in [1.165, 1.54) is 24.8 Å². The predicted molar refractivity (Wildman–Crippen MR) is 142 cm³/mol. The Morgan fingerprint density at radius 3 is 2.76 bits per heavy atom. The van der Waals surface area contributed by atoms with Crippen molar-refractivity contribution in [2.45, 2.75) is 51.6 Å². The molecular formula is C28H35N7O3. The van der Waals surface area contributed by atoms with Crippen LogP contribution in [0.3, 0.4) is 0 Å². The summed E-state index contributed by atoms with van der Waals surface area (Å²) in [6, 6.07) is 6.15. The molecular weight excluding hydrogens is 482 g/mol. The number of ether oxygens (including phenoxy) is 2. The molecule has 0 radical (unpaired) electrons. The molecule has 4 aliphatic heterocycles. The molecule has 1 amide bonds. The number of nitrogens with zero attached hydrogens (tertiary/aromatic N) is 7. The van der Waals surface area contributed by atoms with E-state index in [1.54, 1.807) is 6.33 Å². The molecule has 2 saturated heterocycles. The van der Waals surface area contributed by atoms with Crippen LogP contribution in [0.1, 0.15) is 43.5 Å². The van der Waals surface area contributed by atoms with Crippen molar-refractivity contribution in [3.05, 3.63) is 35.9 Å². The molecule has 1 atom stereocenters. The van der Waals surface area contributed by atoms with Crippen molar-refractivity contribution in [2.24, 2.45) is 5.92 Å². The van der Waals surface area contributed by atoms with E-state index in [4.69, 9.17) is 14.5 Å². The topological polar surface area (TPSA) is 88.9 Å². The highest BCUT2D eigenvalue weighted by Gasteiger charge is 2.33. The summed E-state index contributed by atoms with van der Waals surface area (Å²) in [4.78, 5) is 34.6. The van der Waals surface area contributed by atoms with Gasteiger partial charge in [-0.1, -0.05) is 12.5 Å². The Hall–Kier alpha value is -3.40. The number of aromatic nitrogens is 4. The van der Waals surface area contributed by atoms with Crippen LogP contribution in [0.2, 0.25) is 0 Å². The molecule has 0 N–H and O–H groups in total. The standard InChI is InChI=1S/C28H35N7O3/c36-28(33-13-11-32(12-14-33)16-20-7-8-22-23(15-20)38-19-37-22)21-5-4-9-34(17-21)26-25-27(30-18-29-26)35-10-3-1-2-6-24(35)31-25/h7-8,15,18,21H,1-6,9-14,16-17,19H2/t21-/m0/s1. The van der Waals surface area contributed by atoms with Crippen LogP contribution < -0.4 is 14.4 Å². The summed E-state index contributed by atoms with van der Waals surface area (Å²) < 4.78 is 13.2. The van der Waals surface area contributed by atoms with Crippen molar-refractivity contribution in [3.8, 4) is 11.5 Å². The molecule has 10 nitrogen and oxygen atoms in total. The SMILES string of the molecule is O=C([C@H]1CCCN(c2ncnc3c2nc2n3CCCCC2)C1)N1CCN(Cc2ccc3c(c2)OCO3)CC1. The number of aryl methyl sites for hydroxylation is 2. The third-order valence-corrected chi connectivity index (χ3v) is 8.47. The van der Waals surface area contributed by atoms with Gasteiger partial charge in [0.2, 0.25) is 12.7 Å². The van der Waals surface area contributed by atoms with Gasteiger partial charge in [-0.05, 0) is 43.4 Å². The summed E-state index contributed by atoms with van der Waals surface area (Å²) in [5.41, 5.74) is 3.05. The molecule has 2 aromatic heterocycles. The Morgan fingerprint density at radius 1 is 0.947 bits per heavy atom. The average Bonchev–Trinajstić information content (AvgIpc) is 3.50. The number of imidazole rings is 1. The van der Waals surface area contributed by atoms with E-state index < -0.39 is 0 Å². The molecule has 0 aliphatic carbocycles. The molecule has 38 heavy (non-hydrogen) atoms. The number of piperazine rings is 1. The number of benzene rings is 1. The van der Waals surface area contributed by atoms with Gasteiger partial charge < -0.3 is 23.8 Å². The minimum atomic E-state index is -0.00499. The fourth-order valence-corrected chi connectivity index (χ4v) is 6.41. The van der Waals surface area contributed by atoms with Gasteiger partial charge in [0.05, 0.1) is 5.92 Å². The van der Waals surface area contributed by atoms with Crippen LogP contribution in [-0.2, 0) is 24.3 Å². The Kier molecular flexibility index (Phi) is 6.27. The highest BCUT2D eigenvalue weighted by molar-refractivity contribution is 5.85. The van der Waals surface area contributed by atoms with Crippen LogP contribution in [0.15, 0.2) is 24.5 Å². The zero-order valence-corrected chi connectivity index (χ0v) is 21.8. The molecule has 2 fully saturated rings. The molecule has 0 saturated carbocycles. The first-order valence-corrected chi connectivity index (χ1v) is 14.1. The van der Waals surface area contributed by atoms with E-state index in [-0.39, 0.29) is 11.8 Å². The highest BCUT2D eigenvalue weighted by Crippen LogP contribution is 2.33. The van der Waals surface area contributed by atoms with Gasteiger partial charge in [0.25, 0.3) is 0 Å². The van der Waals surface area contributed by atoms with Crippen molar-refractivity contribution >= 4 is 22.9 Å². The predicted octanol–water partition coefficient (Wildman–Crippen LogP) is 2.84. The van der Waals surface area contributed by atoms with Crippen molar-refractivity contribution in [2.75, 3.05) is 51.0 Å². The molecule has 6 heterocycles. The Morgan fingerprint density at radius 2 is 1.84 bits per heavy atom. The van der Waals surface area contributed by atoms with Crippen molar-refractivity contribution < 1.29 is 14.3 Å². The first kappa shape index (κ1) is 23.7. The molecule has 7 rings (SSSR count). The Balaban J connectivity index is 0.995. The van der Waals surface area contributed by atoms with E-state index >= 15 is 0 Å². The fraction of sp³-hybridized carbons (Fsp3) is 0.571. The second kappa shape index (κ2) is 10.1. The van der Waals surface area contributed by atoms with Crippen molar-refractivity contribution in [1.29, 1.82) is 0 Å². The second-order valence-electron chi connectivity index (χ2n) is 10.9. The number of rotatable bonds is 4. The normalized spacial score (nSPS) is 21.9. The van der Waals surface area contributed by atoms with Gasteiger partial charge >= 0.3 is 0 Å². The second-order valence-corrected chi connectivity index (χ2v) is 10.9. The molecule has 0 spiro atoms. The summed E-state index contributed by atoms with van der Waals surface area (Å²) in [7, 11) is 0. The van der Waals surface area contributed by atoms with E-state index in [2.05, 4.69) is 41.4 Å². The lowest BCUT2D eigenvalue weighted by molar-refractivity contribution is -0.137. The number of carbonyl (C=O) groups excluding carboxylic acids is 1. The van der Waals surface area contributed by atoms with Crippen LogP contribution >= 0.6 is 0 Å². The first-order valence-electron chi connectivity index (χ1n) is 14.1. The number of piperidine rings is 1. The summed E-state index contributed by atoms with van der Waals surface area (Å²) in [6.07, 6.45) is 8.17. The molecule has 200 valence electrons. The number of hydrogen-bond acceptors (Lipinski definition) is 8. The lowest BCUT2D eigenvalue weighted by atomic mass is 9.96. The molecule has 10 heteroatoms. The van der Waals surface area contributed by atoms with Gasteiger partial charge in [0.1, 0.15) is 12.2 Å². The van der Waals surface area contributed by atoms with E-state index in [1.807, 2.05) is 6.07 Å². The lowest BCUT2D eigenvalue weighted by Crippen LogP contribution is -2.52. The molecule has 0 bridgehead atoms. The van der Waals surface area contributed by atoms with Crippen molar-refractivity contribution in [1.82, 2.24) is 29.3 Å². The average molecular weight is 518 g/mol. The van der Waals surface area contributed by atoms with Crippen LogP contribution in [0.25, 0.3) is 11.2 Å². The minimum absolute atomic E-state index is 0.00499. The van der Waals surface area contributed by atoms with Crippen LogP contribution in [-0.4, -0.2) is 81.3 Å². The summed E-state index contributed by atoms with van der Waals surface area (Å²) in [5, 5.41) is 0. The quantitative estimate of drug-likeness (QED) is 0.522. The maximum atomic E-state index is 13.6. The van der Waals surface area contributed by atoms with Crippen LogP contribution in [0.4, 0.5) is 5.82 Å². The monoisotopic (exact) mass is 517 g/mol. The molecule has 4 aliphatic rings. The lowest BCUT2D eigenvalue weighted by Gasteiger charge is -2.39. The summed E-state index contributed by atoms with van der Waals surface area (Å²) in [6.45, 7) is 7.03.